The van der Waals surface area contributed by atoms with Gasteiger partial charge in [0.15, 0.2) is 0 Å². The second-order valence-corrected chi connectivity index (χ2v) is 4.95. The lowest BCUT2D eigenvalue weighted by atomic mass is 10.3. The Balaban J connectivity index is 1.84. The Kier molecular flexibility index (Phi) is 10.3. The minimum atomic E-state index is 0.609. The second kappa shape index (κ2) is 12.0. The second-order valence-electron chi connectivity index (χ2n) is 3.99. The van der Waals surface area contributed by atoms with Crippen molar-refractivity contribution in [1.29, 1.82) is 0 Å². The van der Waals surface area contributed by atoms with E-state index >= 15 is 0 Å². The van der Waals surface area contributed by atoms with Crippen LogP contribution in [0.25, 0.3) is 0 Å². The van der Waals surface area contributed by atoms with Crippen molar-refractivity contribution in [1.82, 2.24) is 4.72 Å². The maximum absolute atomic E-state index is 5.62. The van der Waals surface area contributed by atoms with Crippen molar-refractivity contribution in [2.24, 2.45) is 0 Å². The summed E-state index contributed by atoms with van der Waals surface area (Å²) in [6, 6.07) is 7.75. The van der Waals surface area contributed by atoms with Gasteiger partial charge in [0.2, 0.25) is 0 Å². The summed E-state index contributed by atoms with van der Waals surface area (Å²) in [6.07, 6.45) is 0. The fourth-order valence-corrected chi connectivity index (χ4v) is 1.99. The normalized spacial score (nSPS) is 10.8. The van der Waals surface area contributed by atoms with E-state index in [-0.39, 0.29) is 0 Å². The summed E-state index contributed by atoms with van der Waals surface area (Å²) in [6.45, 7) is 6.65. The lowest BCUT2D eigenvalue weighted by Crippen LogP contribution is -2.15. The minimum Gasteiger partial charge on any atom is -0.399 e. The van der Waals surface area contributed by atoms with Crippen molar-refractivity contribution in [3.05, 3.63) is 24.3 Å². The topological polar surface area (TPSA) is 65.7 Å². The molecule has 6 heteroatoms. The largest absolute Gasteiger partial charge is 0.399 e. The molecule has 0 radical (unpaired) electrons. The van der Waals surface area contributed by atoms with E-state index in [0.29, 0.717) is 33.0 Å². The molecule has 0 spiro atoms. The highest BCUT2D eigenvalue weighted by Gasteiger charge is 1.94. The van der Waals surface area contributed by atoms with Gasteiger partial charge in [-0.1, -0.05) is 0 Å². The van der Waals surface area contributed by atoms with Gasteiger partial charge in [0.1, 0.15) is 0 Å². The zero-order valence-electron chi connectivity index (χ0n) is 12.0. The van der Waals surface area contributed by atoms with Crippen LogP contribution in [0.2, 0.25) is 0 Å². The Morgan fingerprint density at radius 3 is 2.20 bits per heavy atom. The van der Waals surface area contributed by atoms with Crippen molar-refractivity contribution < 1.29 is 14.2 Å². The van der Waals surface area contributed by atoms with Gasteiger partial charge in [-0.2, -0.15) is 0 Å². The van der Waals surface area contributed by atoms with Crippen molar-refractivity contribution >= 4 is 17.6 Å². The van der Waals surface area contributed by atoms with Crippen molar-refractivity contribution in [2.45, 2.75) is 11.8 Å². The lowest BCUT2D eigenvalue weighted by Gasteiger charge is -2.07. The van der Waals surface area contributed by atoms with Crippen molar-refractivity contribution in [3.8, 4) is 0 Å². The third-order valence-corrected chi connectivity index (χ3v) is 3.22. The van der Waals surface area contributed by atoms with E-state index in [1.807, 2.05) is 31.2 Å². The van der Waals surface area contributed by atoms with Gasteiger partial charge in [0.05, 0.1) is 33.0 Å². The average molecular weight is 300 g/mol. The lowest BCUT2D eigenvalue weighted by molar-refractivity contribution is 0.0182. The fraction of sp³-hybridized carbons (Fsp3) is 0.571. The van der Waals surface area contributed by atoms with Gasteiger partial charge in [0.25, 0.3) is 0 Å². The standard InChI is InChI=1S/C14H24N2O3S/c1-2-17-9-10-19-12-11-18-8-7-16-20-14-5-3-13(15)4-6-14/h3-6,16H,2,7-12,15H2,1H3. The summed E-state index contributed by atoms with van der Waals surface area (Å²) in [5, 5.41) is 0. The number of nitrogens with two attached hydrogens (primary N) is 1. The number of nitrogen functional groups attached to an aromatic ring is 1. The zero-order chi connectivity index (χ0) is 14.5. The van der Waals surface area contributed by atoms with Gasteiger partial charge < -0.3 is 19.9 Å². The molecule has 0 aliphatic carbocycles. The van der Waals surface area contributed by atoms with Crippen LogP contribution in [-0.2, 0) is 14.2 Å². The molecule has 0 aromatic heterocycles. The van der Waals surface area contributed by atoms with Gasteiger partial charge >= 0.3 is 0 Å². The van der Waals surface area contributed by atoms with Crippen LogP contribution in [0.4, 0.5) is 5.69 Å². The number of benzene rings is 1. The van der Waals surface area contributed by atoms with Gasteiger partial charge in [-0.05, 0) is 43.1 Å². The van der Waals surface area contributed by atoms with Crippen LogP contribution in [0.3, 0.4) is 0 Å². The fourth-order valence-electron chi connectivity index (χ4n) is 1.37. The van der Waals surface area contributed by atoms with Gasteiger partial charge in [-0.15, -0.1) is 0 Å². The Bertz CT molecular complexity index is 336. The molecule has 0 amide bonds. The molecule has 0 bridgehead atoms. The molecule has 20 heavy (non-hydrogen) atoms. The first-order chi connectivity index (χ1) is 9.83. The number of hydrogen-bond donors (Lipinski definition) is 2. The van der Waals surface area contributed by atoms with E-state index < -0.39 is 0 Å². The number of hydrogen-bond acceptors (Lipinski definition) is 6. The van der Waals surface area contributed by atoms with Gasteiger partial charge in [-0.3, -0.25) is 4.72 Å². The van der Waals surface area contributed by atoms with Crippen molar-refractivity contribution in [3.63, 3.8) is 0 Å². The van der Waals surface area contributed by atoms with Crippen LogP contribution in [0.1, 0.15) is 6.92 Å². The van der Waals surface area contributed by atoms with Crippen LogP contribution in [0.15, 0.2) is 29.2 Å². The number of nitrogens with one attached hydrogen (secondary N) is 1. The number of rotatable bonds is 12. The average Bonchev–Trinajstić information content (AvgIpc) is 2.47. The first-order valence-corrected chi connectivity index (χ1v) is 7.63. The molecule has 0 saturated heterocycles. The molecular formula is C14H24N2O3S. The first-order valence-electron chi connectivity index (χ1n) is 6.81. The SMILES string of the molecule is CCOCCOCCOCCNSc1ccc(N)cc1. The van der Waals surface area contributed by atoms with E-state index in [1.54, 1.807) is 11.9 Å². The minimum absolute atomic E-state index is 0.609. The zero-order valence-corrected chi connectivity index (χ0v) is 12.8. The Morgan fingerprint density at radius 1 is 0.950 bits per heavy atom. The maximum atomic E-state index is 5.62. The molecule has 0 unspecified atom stereocenters. The van der Waals surface area contributed by atoms with Crippen LogP contribution in [0, 0.1) is 0 Å². The summed E-state index contributed by atoms with van der Waals surface area (Å²) < 4.78 is 19.2. The molecule has 114 valence electrons. The predicted octanol–water partition coefficient (Wildman–Crippen LogP) is 1.94. The number of anilines is 1. The Morgan fingerprint density at radius 2 is 1.55 bits per heavy atom. The monoisotopic (exact) mass is 300 g/mol. The molecule has 3 N–H and O–H groups in total. The third-order valence-electron chi connectivity index (χ3n) is 2.37. The molecule has 0 atom stereocenters. The number of ether oxygens (including phenoxy) is 3. The van der Waals surface area contributed by atoms with Crippen LogP contribution in [0.5, 0.6) is 0 Å². The molecule has 1 rings (SSSR count). The highest BCUT2D eigenvalue weighted by atomic mass is 32.2. The van der Waals surface area contributed by atoms with Crippen LogP contribution < -0.4 is 10.5 Å². The molecular weight excluding hydrogens is 276 g/mol. The quantitative estimate of drug-likeness (QED) is 0.349. The molecule has 5 nitrogen and oxygen atoms in total. The summed E-state index contributed by atoms with van der Waals surface area (Å²) >= 11 is 1.57. The highest BCUT2D eigenvalue weighted by molar-refractivity contribution is 7.97. The molecule has 0 saturated carbocycles. The maximum Gasteiger partial charge on any atom is 0.0701 e. The Labute approximate surface area is 125 Å². The van der Waals surface area contributed by atoms with E-state index in [9.17, 15) is 0 Å². The van der Waals surface area contributed by atoms with Crippen LogP contribution >= 0.6 is 11.9 Å². The summed E-state index contributed by atoms with van der Waals surface area (Å²) in [7, 11) is 0. The molecule has 0 aliphatic rings. The smallest absolute Gasteiger partial charge is 0.0701 e. The highest BCUT2D eigenvalue weighted by Crippen LogP contribution is 2.15. The van der Waals surface area contributed by atoms with E-state index in [1.165, 1.54) is 0 Å². The van der Waals surface area contributed by atoms with E-state index in [4.69, 9.17) is 19.9 Å². The predicted molar refractivity (Wildman–Crippen MR) is 82.8 cm³/mol. The van der Waals surface area contributed by atoms with E-state index in [2.05, 4.69) is 4.72 Å². The summed E-state index contributed by atoms with van der Waals surface area (Å²) in [5.41, 5.74) is 6.40. The first kappa shape index (κ1) is 17.3. The Hall–Kier alpha value is -0.790. The molecule has 0 fully saturated rings. The van der Waals surface area contributed by atoms with Crippen LogP contribution in [-0.4, -0.2) is 46.2 Å². The van der Waals surface area contributed by atoms with E-state index in [0.717, 1.165) is 23.7 Å². The molecule has 0 aliphatic heterocycles. The molecule has 1 aromatic rings. The third kappa shape index (κ3) is 9.17. The molecule has 0 heterocycles. The van der Waals surface area contributed by atoms with Gasteiger partial charge in [0, 0.05) is 23.7 Å². The molecule has 1 aromatic carbocycles. The van der Waals surface area contributed by atoms with Crippen molar-refractivity contribution in [2.75, 3.05) is 51.9 Å². The van der Waals surface area contributed by atoms with Gasteiger partial charge in [-0.25, -0.2) is 0 Å². The summed E-state index contributed by atoms with van der Waals surface area (Å²) in [4.78, 5) is 1.14. The summed E-state index contributed by atoms with van der Waals surface area (Å²) in [5.74, 6) is 0.